The van der Waals surface area contributed by atoms with Gasteiger partial charge in [-0.3, -0.25) is 14.5 Å². The van der Waals surface area contributed by atoms with Gasteiger partial charge >= 0.3 is 6.09 Å². The number of hydrogen-bond donors (Lipinski definition) is 1. The van der Waals surface area contributed by atoms with E-state index in [0.717, 1.165) is 0 Å². The molecular weight excluding hydrogens is 334 g/mol. The van der Waals surface area contributed by atoms with Crippen molar-refractivity contribution in [1.29, 1.82) is 0 Å². The minimum Gasteiger partial charge on any atom is -0.447 e. The molecule has 3 amide bonds. The molecule has 1 saturated heterocycles. The fourth-order valence-electron chi connectivity index (χ4n) is 2.67. The highest BCUT2D eigenvalue weighted by atomic mass is 16.6. The van der Waals surface area contributed by atoms with Crippen LogP contribution in [0.15, 0.2) is 54.6 Å². The summed E-state index contributed by atoms with van der Waals surface area (Å²) >= 11 is 0. The van der Waals surface area contributed by atoms with Crippen molar-refractivity contribution < 1.29 is 19.1 Å². The largest absolute Gasteiger partial charge is 0.447 e. The normalized spacial score (nSPS) is 13.3. The summed E-state index contributed by atoms with van der Waals surface area (Å²) in [6, 6.07) is 15.7. The second-order valence-electron chi connectivity index (χ2n) is 5.89. The summed E-state index contributed by atoms with van der Waals surface area (Å²) in [4.78, 5) is 39.0. The highest BCUT2D eigenvalue weighted by molar-refractivity contribution is 5.99. The van der Waals surface area contributed by atoms with Gasteiger partial charge in [0.1, 0.15) is 6.61 Å². The van der Waals surface area contributed by atoms with Gasteiger partial charge in [0.25, 0.3) is 5.91 Å². The summed E-state index contributed by atoms with van der Waals surface area (Å²) in [6.45, 7) is 0.746. The van der Waals surface area contributed by atoms with Crippen LogP contribution in [0.1, 0.15) is 10.4 Å². The molecule has 0 radical (unpaired) electrons. The van der Waals surface area contributed by atoms with E-state index in [0.29, 0.717) is 30.1 Å². The Hall–Kier alpha value is -3.35. The Kier molecular flexibility index (Phi) is 5.17. The summed E-state index contributed by atoms with van der Waals surface area (Å²) in [5.74, 6) is -0.549. The third-order valence-corrected chi connectivity index (χ3v) is 3.95. The van der Waals surface area contributed by atoms with Crippen LogP contribution >= 0.6 is 0 Å². The molecule has 0 saturated carbocycles. The van der Waals surface area contributed by atoms with Gasteiger partial charge in [-0.15, -0.1) is 0 Å². The number of amides is 3. The number of anilines is 2. The second-order valence-corrected chi connectivity index (χ2v) is 5.89. The van der Waals surface area contributed by atoms with Gasteiger partial charge in [0.05, 0.1) is 13.1 Å². The van der Waals surface area contributed by atoms with E-state index in [1.807, 2.05) is 6.07 Å². The Labute approximate surface area is 151 Å². The highest BCUT2D eigenvalue weighted by Gasteiger charge is 2.23. The Bertz CT molecular complexity index is 823. The van der Waals surface area contributed by atoms with Crippen LogP contribution in [0.5, 0.6) is 0 Å². The van der Waals surface area contributed by atoms with E-state index in [9.17, 15) is 14.4 Å². The van der Waals surface area contributed by atoms with E-state index in [2.05, 4.69) is 5.32 Å². The van der Waals surface area contributed by atoms with Gasteiger partial charge in [0, 0.05) is 24.0 Å². The van der Waals surface area contributed by atoms with E-state index < -0.39 is 6.09 Å². The van der Waals surface area contributed by atoms with Crippen LogP contribution in [-0.2, 0) is 9.53 Å². The molecule has 26 heavy (non-hydrogen) atoms. The van der Waals surface area contributed by atoms with E-state index in [4.69, 9.17) is 4.74 Å². The molecule has 3 rings (SSSR count). The molecule has 7 nitrogen and oxygen atoms in total. The lowest BCUT2D eigenvalue weighted by molar-refractivity contribution is -0.116. The first-order chi connectivity index (χ1) is 12.5. The van der Waals surface area contributed by atoms with Gasteiger partial charge in [-0.1, -0.05) is 24.3 Å². The van der Waals surface area contributed by atoms with Crippen LogP contribution < -0.4 is 10.2 Å². The molecule has 7 heteroatoms. The average Bonchev–Trinajstić information content (AvgIpc) is 3.08. The van der Waals surface area contributed by atoms with Gasteiger partial charge in [0.2, 0.25) is 5.91 Å². The molecule has 1 heterocycles. The predicted molar refractivity (Wildman–Crippen MR) is 97.2 cm³/mol. The summed E-state index contributed by atoms with van der Waals surface area (Å²) in [5, 5.41) is 2.75. The van der Waals surface area contributed by atoms with E-state index >= 15 is 0 Å². The first-order valence-electron chi connectivity index (χ1n) is 8.19. The van der Waals surface area contributed by atoms with Gasteiger partial charge in [-0.25, -0.2) is 4.79 Å². The van der Waals surface area contributed by atoms with Gasteiger partial charge in [0.15, 0.2) is 0 Å². The molecule has 1 N–H and O–H groups in total. The molecule has 1 aliphatic heterocycles. The first kappa shape index (κ1) is 17.5. The number of rotatable bonds is 5. The number of nitrogens with one attached hydrogen (secondary N) is 1. The Morgan fingerprint density at radius 2 is 1.92 bits per heavy atom. The second kappa shape index (κ2) is 7.69. The van der Waals surface area contributed by atoms with Crippen LogP contribution in [0, 0.1) is 0 Å². The lowest BCUT2D eigenvalue weighted by Crippen LogP contribution is -2.35. The van der Waals surface area contributed by atoms with E-state index in [1.54, 1.807) is 55.6 Å². The fraction of sp³-hybridized carbons (Fsp3) is 0.211. The smallest absolute Gasteiger partial charge is 0.414 e. The van der Waals surface area contributed by atoms with E-state index in [-0.39, 0.29) is 18.4 Å². The molecule has 2 aromatic carbocycles. The minimum absolute atomic E-state index is 0.0797. The van der Waals surface area contributed by atoms with Crippen LogP contribution in [0.3, 0.4) is 0 Å². The Balaban J connectivity index is 1.61. The standard InChI is InChI=1S/C19H19N3O4/c1-21(18(24)14-6-3-2-4-7-14)13-17(23)20-15-8-5-9-16(12-15)22-10-11-26-19(22)25/h2-9,12H,10-11,13H2,1H3,(H,20,23). The van der Waals surface area contributed by atoms with Crippen molar-refractivity contribution in [2.75, 3.05) is 37.0 Å². The molecule has 0 aromatic heterocycles. The van der Waals surface area contributed by atoms with Crippen LogP contribution in [0.2, 0.25) is 0 Å². The number of carbonyl (C=O) groups is 3. The Morgan fingerprint density at radius 1 is 1.15 bits per heavy atom. The average molecular weight is 353 g/mol. The molecule has 0 atom stereocenters. The lowest BCUT2D eigenvalue weighted by Gasteiger charge is -2.18. The molecule has 134 valence electrons. The predicted octanol–water partition coefficient (Wildman–Crippen LogP) is 2.35. The number of likely N-dealkylation sites (N-methyl/N-ethyl adjacent to an activating group) is 1. The minimum atomic E-state index is -0.401. The third kappa shape index (κ3) is 4.00. The third-order valence-electron chi connectivity index (χ3n) is 3.95. The lowest BCUT2D eigenvalue weighted by atomic mass is 10.2. The number of carbonyl (C=O) groups excluding carboxylic acids is 3. The summed E-state index contributed by atoms with van der Waals surface area (Å²) < 4.78 is 4.92. The van der Waals surface area contributed by atoms with Crippen LogP contribution in [-0.4, -0.2) is 49.6 Å². The molecule has 2 aromatic rings. The van der Waals surface area contributed by atoms with Gasteiger partial charge in [-0.2, -0.15) is 0 Å². The van der Waals surface area contributed by atoms with Gasteiger partial charge < -0.3 is 15.0 Å². The zero-order valence-corrected chi connectivity index (χ0v) is 14.3. The number of hydrogen-bond acceptors (Lipinski definition) is 4. The molecule has 0 aliphatic carbocycles. The maximum absolute atomic E-state index is 12.3. The first-order valence-corrected chi connectivity index (χ1v) is 8.19. The molecular formula is C19H19N3O4. The SMILES string of the molecule is CN(CC(=O)Nc1cccc(N2CCOC2=O)c1)C(=O)c1ccccc1. The maximum Gasteiger partial charge on any atom is 0.414 e. The molecule has 1 aliphatic rings. The molecule has 0 spiro atoms. The monoisotopic (exact) mass is 353 g/mol. The topological polar surface area (TPSA) is 79.0 Å². The zero-order chi connectivity index (χ0) is 18.5. The van der Waals surface area contributed by atoms with Crippen molar-refractivity contribution in [3.63, 3.8) is 0 Å². The quantitative estimate of drug-likeness (QED) is 0.895. The van der Waals surface area contributed by atoms with Crippen LogP contribution in [0.4, 0.5) is 16.2 Å². The fourth-order valence-corrected chi connectivity index (χ4v) is 2.67. The zero-order valence-electron chi connectivity index (χ0n) is 14.3. The number of benzene rings is 2. The van der Waals surface area contributed by atoms with Crippen molar-refractivity contribution in [2.24, 2.45) is 0 Å². The number of cyclic esters (lactones) is 1. The van der Waals surface area contributed by atoms with Crippen molar-refractivity contribution in [3.05, 3.63) is 60.2 Å². The summed E-state index contributed by atoms with van der Waals surface area (Å²) in [6.07, 6.45) is -0.401. The highest BCUT2D eigenvalue weighted by Crippen LogP contribution is 2.22. The molecule has 0 bridgehead atoms. The van der Waals surface area contributed by atoms with Crippen LogP contribution in [0.25, 0.3) is 0 Å². The number of nitrogens with zero attached hydrogens (tertiary/aromatic N) is 2. The molecule has 1 fully saturated rings. The summed E-state index contributed by atoms with van der Waals surface area (Å²) in [7, 11) is 1.57. The summed E-state index contributed by atoms with van der Waals surface area (Å²) in [5.41, 5.74) is 1.73. The Morgan fingerprint density at radius 3 is 2.62 bits per heavy atom. The van der Waals surface area contributed by atoms with Crippen molar-refractivity contribution in [3.8, 4) is 0 Å². The maximum atomic E-state index is 12.3. The van der Waals surface area contributed by atoms with Gasteiger partial charge in [-0.05, 0) is 30.3 Å². The van der Waals surface area contributed by atoms with Crippen molar-refractivity contribution in [2.45, 2.75) is 0 Å². The van der Waals surface area contributed by atoms with Crippen molar-refractivity contribution >= 4 is 29.3 Å². The molecule has 0 unspecified atom stereocenters. The van der Waals surface area contributed by atoms with E-state index in [1.165, 1.54) is 9.80 Å². The number of ether oxygens (including phenoxy) is 1. The van der Waals surface area contributed by atoms with Crippen molar-refractivity contribution in [1.82, 2.24) is 4.90 Å².